The Balaban J connectivity index is 1.67. The molecule has 9 heteroatoms. The van der Waals surface area contributed by atoms with Crippen molar-refractivity contribution in [3.63, 3.8) is 0 Å². The Morgan fingerprint density at radius 1 is 1.20 bits per heavy atom. The first-order valence-electron chi connectivity index (χ1n) is 10.1. The van der Waals surface area contributed by atoms with Gasteiger partial charge in [-0.1, -0.05) is 0 Å². The largest absolute Gasteiger partial charge is 0.384 e. The number of rotatable bonds is 4. The second-order valence-corrected chi connectivity index (χ2v) is 9.55. The molecule has 1 saturated carbocycles. The Labute approximate surface area is 189 Å². The lowest BCUT2D eigenvalue weighted by Crippen LogP contribution is -2.51. The number of hydrogen-bond donors (Lipinski definition) is 2. The average molecular weight is 523 g/mol. The first kappa shape index (κ1) is 21.4. The maximum absolute atomic E-state index is 13.1. The summed E-state index contributed by atoms with van der Waals surface area (Å²) in [6, 6.07) is 3.73. The van der Waals surface area contributed by atoms with Gasteiger partial charge in [0, 0.05) is 24.9 Å². The molecule has 4 rings (SSSR count). The normalized spacial score (nSPS) is 24.4. The molecule has 8 nitrogen and oxygen atoms in total. The number of hydrogen-bond acceptors (Lipinski definition) is 7. The van der Waals surface area contributed by atoms with Crippen molar-refractivity contribution in [2.45, 2.75) is 61.3 Å². The molecule has 2 aliphatic rings. The standard InChI is InChI=1S/C21H26IN5O3/c1-21(2,29)16-9-4-12(10-23-16)15-11-24-18-19(25-15)27(20(28)17(22)26-18)13-5-7-14(30-3)8-6-13/h4,9-11,13-14,17,29H,5-8H2,1-3H3,(H,24,26). The maximum Gasteiger partial charge on any atom is 0.261 e. The predicted octanol–water partition coefficient (Wildman–Crippen LogP) is 3.24. The number of alkyl halides is 1. The van der Waals surface area contributed by atoms with E-state index in [0.717, 1.165) is 31.2 Å². The number of amides is 1. The number of fused-ring (bicyclic) bond motifs is 1. The first-order valence-corrected chi connectivity index (χ1v) is 11.4. The molecule has 0 aromatic carbocycles. The molecule has 160 valence electrons. The summed E-state index contributed by atoms with van der Waals surface area (Å²) in [5.74, 6) is 1.19. The minimum atomic E-state index is -1.01. The summed E-state index contributed by atoms with van der Waals surface area (Å²) in [4.78, 5) is 28.6. The van der Waals surface area contributed by atoms with Crippen LogP contribution in [0.25, 0.3) is 11.3 Å². The van der Waals surface area contributed by atoms with Crippen molar-refractivity contribution in [3.05, 3.63) is 30.2 Å². The Bertz CT molecular complexity index is 923. The Morgan fingerprint density at radius 2 is 1.93 bits per heavy atom. The van der Waals surface area contributed by atoms with E-state index in [1.807, 2.05) is 11.0 Å². The number of carbonyl (C=O) groups is 1. The van der Waals surface area contributed by atoms with E-state index in [1.54, 1.807) is 39.4 Å². The van der Waals surface area contributed by atoms with Gasteiger partial charge in [0.05, 0.1) is 23.7 Å². The lowest BCUT2D eigenvalue weighted by atomic mass is 9.91. The van der Waals surface area contributed by atoms with Crippen molar-refractivity contribution in [2.24, 2.45) is 0 Å². The third kappa shape index (κ3) is 4.15. The Kier molecular flexibility index (Phi) is 5.95. The summed E-state index contributed by atoms with van der Waals surface area (Å²) in [6.07, 6.45) is 7.22. The topological polar surface area (TPSA) is 100 Å². The number of aliphatic hydroxyl groups is 1. The van der Waals surface area contributed by atoms with Gasteiger partial charge in [-0.3, -0.25) is 14.7 Å². The molecule has 1 fully saturated rings. The van der Waals surface area contributed by atoms with Gasteiger partial charge in [-0.25, -0.2) is 9.97 Å². The average Bonchev–Trinajstić information content (AvgIpc) is 2.74. The highest BCUT2D eigenvalue weighted by molar-refractivity contribution is 14.1. The van der Waals surface area contributed by atoms with Crippen LogP contribution in [0, 0.1) is 0 Å². The predicted molar refractivity (Wildman–Crippen MR) is 122 cm³/mol. The first-order chi connectivity index (χ1) is 14.3. The number of nitrogens with zero attached hydrogens (tertiary/aromatic N) is 4. The van der Waals surface area contributed by atoms with Crippen molar-refractivity contribution in [2.75, 3.05) is 17.3 Å². The SMILES string of the molecule is COC1CCC(N2C(=O)C(I)Nc3ncc(-c4ccc(C(C)(C)O)nc4)nc32)CC1. The number of nitrogens with one attached hydrogen (secondary N) is 1. The van der Waals surface area contributed by atoms with E-state index in [9.17, 15) is 9.90 Å². The highest BCUT2D eigenvalue weighted by Gasteiger charge is 2.39. The van der Waals surface area contributed by atoms with Gasteiger partial charge in [0.25, 0.3) is 5.91 Å². The van der Waals surface area contributed by atoms with Crippen molar-refractivity contribution < 1.29 is 14.6 Å². The minimum absolute atomic E-state index is 0.00548. The molecule has 1 aliphatic heterocycles. The molecule has 0 saturated heterocycles. The van der Waals surface area contributed by atoms with Crippen molar-refractivity contribution in [1.82, 2.24) is 15.0 Å². The molecule has 2 aromatic heterocycles. The fourth-order valence-corrected chi connectivity index (χ4v) is 4.59. The Hall–Kier alpha value is -1.85. The lowest BCUT2D eigenvalue weighted by molar-refractivity contribution is -0.118. The van der Waals surface area contributed by atoms with Crippen LogP contribution in [-0.2, 0) is 15.1 Å². The van der Waals surface area contributed by atoms with E-state index in [1.165, 1.54) is 0 Å². The number of aromatic nitrogens is 3. The highest BCUT2D eigenvalue weighted by atomic mass is 127. The van der Waals surface area contributed by atoms with Crippen molar-refractivity contribution >= 4 is 40.1 Å². The zero-order chi connectivity index (χ0) is 21.5. The molecule has 0 spiro atoms. The fourth-order valence-electron chi connectivity index (χ4n) is 4.00. The highest BCUT2D eigenvalue weighted by Crippen LogP contribution is 2.37. The monoisotopic (exact) mass is 523 g/mol. The lowest BCUT2D eigenvalue weighted by Gasteiger charge is -2.40. The quantitative estimate of drug-likeness (QED) is 0.361. The van der Waals surface area contributed by atoms with E-state index in [2.05, 4.69) is 37.9 Å². The van der Waals surface area contributed by atoms with Gasteiger partial charge in [0.1, 0.15) is 5.60 Å². The number of pyridine rings is 1. The zero-order valence-corrected chi connectivity index (χ0v) is 19.5. The molecule has 3 heterocycles. The van der Waals surface area contributed by atoms with Gasteiger partial charge in [-0.2, -0.15) is 0 Å². The van der Waals surface area contributed by atoms with Crippen LogP contribution in [0.15, 0.2) is 24.5 Å². The van der Waals surface area contributed by atoms with Gasteiger partial charge in [0.2, 0.25) is 0 Å². The second-order valence-electron chi connectivity index (χ2n) is 8.30. The molecular weight excluding hydrogens is 497 g/mol. The van der Waals surface area contributed by atoms with Gasteiger partial charge in [0.15, 0.2) is 15.7 Å². The van der Waals surface area contributed by atoms with Crippen LogP contribution in [0.1, 0.15) is 45.2 Å². The van der Waals surface area contributed by atoms with E-state index >= 15 is 0 Å². The fraction of sp³-hybridized carbons (Fsp3) is 0.524. The summed E-state index contributed by atoms with van der Waals surface area (Å²) in [5.41, 5.74) is 0.994. The van der Waals surface area contributed by atoms with Crippen LogP contribution < -0.4 is 10.2 Å². The minimum Gasteiger partial charge on any atom is -0.384 e. The molecule has 2 N–H and O–H groups in total. The van der Waals surface area contributed by atoms with Crippen molar-refractivity contribution in [1.29, 1.82) is 0 Å². The third-order valence-corrected chi connectivity index (χ3v) is 6.57. The summed E-state index contributed by atoms with van der Waals surface area (Å²) >= 11 is 2.11. The van der Waals surface area contributed by atoms with Crippen LogP contribution >= 0.6 is 22.6 Å². The van der Waals surface area contributed by atoms with Crippen LogP contribution in [0.4, 0.5) is 11.6 Å². The second kappa shape index (κ2) is 8.35. The number of ether oxygens (including phenoxy) is 1. The zero-order valence-electron chi connectivity index (χ0n) is 17.3. The van der Waals surface area contributed by atoms with E-state index in [0.29, 0.717) is 23.0 Å². The van der Waals surface area contributed by atoms with Crippen LogP contribution in [0.2, 0.25) is 0 Å². The van der Waals surface area contributed by atoms with E-state index < -0.39 is 5.60 Å². The molecule has 1 atom stereocenters. The summed E-state index contributed by atoms with van der Waals surface area (Å²) in [6.45, 7) is 3.39. The molecule has 2 aromatic rings. The molecule has 0 radical (unpaired) electrons. The molecular formula is C21H26IN5O3. The molecule has 1 aliphatic carbocycles. The van der Waals surface area contributed by atoms with E-state index in [-0.39, 0.29) is 22.1 Å². The summed E-state index contributed by atoms with van der Waals surface area (Å²) < 4.78 is 5.11. The number of carbonyl (C=O) groups excluding carboxylic acids is 1. The molecule has 1 amide bonds. The number of methoxy groups -OCH3 is 1. The van der Waals surface area contributed by atoms with Gasteiger partial charge >= 0.3 is 0 Å². The summed E-state index contributed by atoms with van der Waals surface area (Å²) in [7, 11) is 1.74. The molecule has 30 heavy (non-hydrogen) atoms. The number of anilines is 2. The molecule has 0 bridgehead atoms. The van der Waals surface area contributed by atoms with Gasteiger partial charge in [-0.05, 0) is 74.3 Å². The maximum atomic E-state index is 13.1. The Morgan fingerprint density at radius 3 is 2.53 bits per heavy atom. The van der Waals surface area contributed by atoms with Gasteiger partial charge in [-0.15, -0.1) is 0 Å². The summed E-state index contributed by atoms with van der Waals surface area (Å²) in [5, 5.41) is 13.3. The van der Waals surface area contributed by atoms with Crippen LogP contribution in [0.3, 0.4) is 0 Å². The van der Waals surface area contributed by atoms with Gasteiger partial charge < -0.3 is 15.2 Å². The van der Waals surface area contributed by atoms with Crippen LogP contribution in [0.5, 0.6) is 0 Å². The number of halogens is 1. The van der Waals surface area contributed by atoms with Crippen molar-refractivity contribution in [3.8, 4) is 11.3 Å². The smallest absolute Gasteiger partial charge is 0.261 e. The molecule has 1 unspecified atom stereocenters. The van der Waals surface area contributed by atoms with Crippen LogP contribution in [-0.4, -0.2) is 49.3 Å². The van der Waals surface area contributed by atoms with E-state index in [4.69, 9.17) is 9.72 Å². The third-order valence-electron chi connectivity index (χ3n) is 5.73.